The molecule has 0 aliphatic rings. The predicted molar refractivity (Wildman–Crippen MR) is 75.1 cm³/mol. The third-order valence-electron chi connectivity index (χ3n) is 2.54. The summed E-state index contributed by atoms with van der Waals surface area (Å²) in [5.74, 6) is 2.13. The van der Waals surface area contributed by atoms with E-state index in [0.29, 0.717) is 18.0 Å². The van der Waals surface area contributed by atoms with Gasteiger partial charge in [0.2, 0.25) is 0 Å². The van der Waals surface area contributed by atoms with Crippen LogP contribution in [0.4, 0.5) is 0 Å². The van der Waals surface area contributed by atoms with Crippen molar-refractivity contribution in [1.29, 1.82) is 0 Å². The van der Waals surface area contributed by atoms with E-state index in [0.717, 1.165) is 15.8 Å². The summed E-state index contributed by atoms with van der Waals surface area (Å²) < 4.78 is 12.0. The summed E-state index contributed by atoms with van der Waals surface area (Å²) in [5.41, 5.74) is 6.65. The molecule has 2 aromatic rings. The summed E-state index contributed by atoms with van der Waals surface area (Å²) in [4.78, 5) is 0. The fourth-order valence-electron chi connectivity index (χ4n) is 1.59. The maximum Gasteiger partial charge on any atom is 0.169 e. The number of hydrogen-bond acceptors (Lipinski definition) is 3. The van der Waals surface area contributed by atoms with Crippen LogP contribution in [-0.4, -0.2) is 7.11 Å². The molecule has 2 N–H and O–H groups in total. The monoisotopic (exact) mass is 307 g/mol. The van der Waals surface area contributed by atoms with E-state index in [2.05, 4.69) is 15.9 Å². The number of halogens is 1. The van der Waals surface area contributed by atoms with Crippen LogP contribution in [0.1, 0.15) is 5.56 Å². The standard InChI is InChI=1S/C14H14BrNO2/c1-17-13-4-2-3-5-14(13)18-11-7-6-10(9-16)12(15)8-11/h2-8H,9,16H2,1H3. The van der Waals surface area contributed by atoms with Crippen LogP contribution in [0.5, 0.6) is 17.2 Å². The van der Waals surface area contributed by atoms with Crippen LogP contribution in [0.3, 0.4) is 0 Å². The lowest BCUT2D eigenvalue weighted by molar-refractivity contribution is 0.379. The zero-order valence-electron chi connectivity index (χ0n) is 10.0. The molecule has 4 heteroatoms. The van der Waals surface area contributed by atoms with Gasteiger partial charge in [0, 0.05) is 11.0 Å². The number of ether oxygens (including phenoxy) is 2. The molecule has 3 nitrogen and oxygen atoms in total. The van der Waals surface area contributed by atoms with Gasteiger partial charge in [0.1, 0.15) is 5.75 Å². The quantitative estimate of drug-likeness (QED) is 0.936. The van der Waals surface area contributed by atoms with Crippen LogP contribution in [-0.2, 0) is 6.54 Å². The van der Waals surface area contributed by atoms with Crippen molar-refractivity contribution in [2.75, 3.05) is 7.11 Å². The summed E-state index contributed by atoms with van der Waals surface area (Å²) in [6.45, 7) is 0.496. The van der Waals surface area contributed by atoms with E-state index in [4.69, 9.17) is 15.2 Å². The Balaban J connectivity index is 2.26. The van der Waals surface area contributed by atoms with Crippen LogP contribution in [0.25, 0.3) is 0 Å². The van der Waals surface area contributed by atoms with E-state index in [1.807, 2.05) is 42.5 Å². The van der Waals surface area contributed by atoms with Crippen molar-refractivity contribution >= 4 is 15.9 Å². The minimum absolute atomic E-state index is 0.496. The third kappa shape index (κ3) is 2.83. The molecule has 0 spiro atoms. The molecular formula is C14H14BrNO2. The first-order chi connectivity index (χ1) is 8.74. The highest BCUT2D eigenvalue weighted by Gasteiger charge is 2.06. The van der Waals surface area contributed by atoms with Gasteiger partial charge in [-0.05, 0) is 29.8 Å². The molecule has 0 saturated carbocycles. The number of para-hydroxylation sites is 2. The second-order valence-electron chi connectivity index (χ2n) is 3.71. The van der Waals surface area contributed by atoms with Gasteiger partial charge in [0.15, 0.2) is 11.5 Å². The molecule has 0 unspecified atom stereocenters. The maximum absolute atomic E-state index is 5.78. The van der Waals surface area contributed by atoms with E-state index in [-0.39, 0.29) is 0 Å². The van der Waals surface area contributed by atoms with Gasteiger partial charge in [-0.2, -0.15) is 0 Å². The molecular weight excluding hydrogens is 294 g/mol. The van der Waals surface area contributed by atoms with Gasteiger partial charge in [-0.15, -0.1) is 0 Å². The third-order valence-corrected chi connectivity index (χ3v) is 3.28. The summed E-state index contributed by atoms with van der Waals surface area (Å²) in [7, 11) is 1.62. The zero-order valence-corrected chi connectivity index (χ0v) is 11.6. The van der Waals surface area contributed by atoms with Crippen molar-refractivity contribution in [2.24, 2.45) is 5.73 Å². The van der Waals surface area contributed by atoms with Crippen LogP contribution >= 0.6 is 15.9 Å². The number of rotatable bonds is 4. The zero-order chi connectivity index (χ0) is 13.0. The van der Waals surface area contributed by atoms with Gasteiger partial charge in [0.05, 0.1) is 7.11 Å². The molecule has 2 rings (SSSR count). The molecule has 0 aliphatic carbocycles. The second kappa shape index (κ2) is 5.89. The largest absolute Gasteiger partial charge is 0.493 e. The Kier molecular flexibility index (Phi) is 4.23. The lowest BCUT2D eigenvalue weighted by atomic mass is 10.2. The molecule has 0 bridgehead atoms. The molecule has 0 saturated heterocycles. The average molecular weight is 308 g/mol. The SMILES string of the molecule is COc1ccccc1Oc1ccc(CN)c(Br)c1. The Morgan fingerprint density at radius 1 is 1.11 bits per heavy atom. The van der Waals surface area contributed by atoms with Gasteiger partial charge in [0.25, 0.3) is 0 Å². The highest BCUT2D eigenvalue weighted by molar-refractivity contribution is 9.10. The van der Waals surface area contributed by atoms with E-state index < -0.39 is 0 Å². The van der Waals surface area contributed by atoms with E-state index in [1.54, 1.807) is 7.11 Å². The molecule has 18 heavy (non-hydrogen) atoms. The summed E-state index contributed by atoms with van der Waals surface area (Å²) in [6.07, 6.45) is 0. The Bertz CT molecular complexity index is 543. The van der Waals surface area contributed by atoms with Crippen molar-refractivity contribution in [1.82, 2.24) is 0 Å². The highest BCUT2D eigenvalue weighted by Crippen LogP contribution is 2.32. The van der Waals surface area contributed by atoms with E-state index >= 15 is 0 Å². The minimum atomic E-state index is 0.496. The Labute approximate surface area is 115 Å². The molecule has 0 radical (unpaired) electrons. The predicted octanol–water partition coefficient (Wildman–Crippen LogP) is 3.71. The summed E-state index contributed by atoms with van der Waals surface area (Å²) in [5, 5.41) is 0. The molecule has 0 aromatic heterocycles. The smallest absolute Gasteiger partial charge is 0.169 e. The number of hydrogen-bond donors (Lipinski definition) is 1. The second-order valence-corrected chi connectivity index (χ2v) is 4.56. The average Bonchev–Trinajstić information content (AvgIpc) is 2.39. The lowest BCUT2D eigenvalue weighted by Gasteiger charge is -2.11. The van der Waals surface area contributed by atoms with Crippen LogP contribution in [0, 0.1) is 0 Å². The van der Waals surface area contributed by atoms with Gasteiger partial charge in [-0.25, -0.2) is 0 Å². The summed E-state index contributed by atoms with van der Waals surface area (Å²) >= 11 is 3.46. The van der Waals surface area contributed by atoms with Crippen molar-refractivity contribution in [3.63, 3.8) is 0 Å². The Hall–Kier alpha value is -1.52. The molecule has 0 atom stereocenters. The van der Waals surface area contributed by atoms with Crippen molar-refractivity contribution in [3.8, 4) is 17.2 Å². The van der Waals surface area contributed by atoms with Crippen LogP contribution < -0.4 is 15.2 Å². The number of benzene rings is 2. The fraction of sp³-hybridized carbons (Fsp3) is 0.143. The minimum Gasteiger partial charge on any atom is -0.493 e. The maximum atomic E-state index is 5.78. The first-order valence-corrected chi connectivity index (χ1v) is 6.33. The number of methoxy groups -OCH3 is 1. The fourth-order valence-corrected chi connectivity index (χ4v) is 2.11. The Morgan fingerprint density at radius 2 is 1.83 bits per heavy atom. The van der Waals surface area contributed by atoms with Crippen LogP contribution in [0.2, 0.25) is 0 Å². The van der Waals surface area contributed by atoms with Crippen molar-refractivity contribution < 1.29 is 9.47 Å². The highest BCUT2D eigenvalue weighted by atomic mass is 79.9. The molecule has 2 aromatic carbocycles. The van der Waals surface area contributed by atoms with Crippen molar-refractivity contribution in [2.45, 2.75) is 6.54 Å². The molecule has 0 heterocycles. The topological polar surface area (TPSA) is 44.5 Å². The first-order valence-electron chi connectivity index (χ1n) is 5.54. The van der Waals surface area contributed by atoms with Crippen LogP contribution in [0.15, 0.2) is 46.9 Å². The molecule has 0 amide bonds. The van der Waals surface area contributed by atoms with Gasteiger partial charge in [-0.1, -0.05) is 34.1 Å². The molecule has 94 valence electrons. The Morgan fingerprint density at radius 3 is 2.44 bits per heavy atom. The number of nitrogens with two attached hydrogens (primary N) is 1. The van der Waals surface area contributed by atoms with Gasteiger partial charge in [-0.3, -0.25) is 0 Å². The molecule has 0 fully saturated rings. The normalized spacial score (nSPS) is 10.2. The molecule has 0 aliphatic heterocycles. The van der Waals surface area contributed by atoms with E-state index in [9.17, 15) is 0 Å². The van der Waals surface area contributed by atoms with E-state index in [1.165, 1.54) is 0 Å². The summed E-state index contributed by atoms with van der Waals surface area (Å²) in [6, 6.07) is 13.3. The van der Waals surface area contributed by atoms with Gasteiger partial charge >= 0.3 is 0 Å². The van der Waals surface area contributed by atoms with Crippen molar-refractivity contribution in [3.05, 3.63) is 52.5 Å². The van der Waals surface area contributed by atoms with Gasteiger partial charge < -0.3 is 15.2 Å². The first kappa shape index (κ1) is 12.9. The lowest BCUT2D eigenvalue weighted by Crippen LogP contribution is -1.97.